The van der Waals surface area contributed by atoms with Crippen LogP contribution in [0.25, 0.3) is 0 Å². The Morgan fingerprint density at radius 2 is 1.95 bits per heavy atom. The number of nitriles is 1. The van der Waals surface area contributed by atoms with Crippen LogP contribution in [0.5, 0.6) is 11.5 Å². The van der Waals surface area contributed by atoms with E-state index in [9.17, 15) is 5.26 Å². The van der Waals surface area contributed by atoms with Crippen LogP contribution >= 0.6 is 11.6 Å². The van der Waals surface area contributed by atoms with Gasteiger partial charge in [0.1, 0.15) is 17.5 Å². The first kappa shape index (κ1) is 15.0. The van der Waals surface area contributed by atoms with Crippen LogP contribution in [0.15, 0.2) is 42.5 Å². The summed E-state index contributed by atoms with van der Waals surface area (Å²) in [6.07, 6.45) is 0. The van der Waals surface area contributed by atoms with E-state index in [-0.39, 0.29) is 0 Å². The van der Waals surface area contributed by atoms with Gasteiger partial charge in [-0.25, -0.2) is 0 Å². The first-order valence-corrected chi connectivity index (χ1v) is 6.69. The monoisotopic (exact) mass is 302 g/mol. The van der Waals surface area contributed by atoms with Crippen LogP contribution in [0, 0.1) is 11.3 Å². The largest absolute Gasteiger partial charge is 0.497 e. The van der Waals surface area contributed by atoms with Gasteiger partial charge in [-0.1, -0.05) is 17.7 Å². The minimum atomic E-state index is -0.552. The van der Waals surface area contributed by atoms with E-state index in [1.54, 1.807) is 38.5 Å². The van der Waals surface area contributed by atoms with Gasteiger partial charge in [0.2, 0.25) is 0 Å². The average molecular weight is 303 g/mol. The number of methoxy groups -OCH3 is 2. The molecule has 2 rings (SSSR count). The van der Waals surface area contributed by atoms with Crippen LogP contribution < -0.4 is 14.8 Å². The number of rotatable bonds is 5. The standard InChI is InChI=1S/C16H15ClN2O2/c1-20-13-6-7-14(16(9-13)21-2)15(10-18)19-12-5-3-4-11(17)8-12/h3-9,15,19H,1-2H3. The molecule has 2 aromatic carbocycles. The smallest absolute Gasteiger partial charge is 0.143 e. The Morgan fingerprint density at radius 1 is 1.14 bits per heavy atom. The van der Waals surface area contributed by atoms with Gasteiger partial charge in [-0.15, -0.1) is 0 Å². The number of nitrogens with zero attached hydrogens (tertiary/aromatic N) is 1. The van der Waals surface area contributed by atoms with E-state index in [4.69, 9.17) is 21.1 Å². The molecule has 5 heteroatoms. The number of ether oxygens (including phenoxy) is 2. The minimum absolute atomic E-state index is 0.552. The van der Waals surface area contributed by atoms with E-state index in [2.05, 4.69) is 11.4 Å². The molecule has 0 aliphatic rings. The van der Waals surface area contributed by atoms with Crippen LogP contribution in [0.4, 0.5) is 5.69 Å². The molecule has 0 amide bonds. The van der Waals surface area contributed by atoms with Gasteiger partial charge in [0.05, 0.1) is 20.3 Å². The Hall–Kier alpha value is -2.38. The zero-order valence-electron chi connectivity index (χ0n) is 11.8. The predicted octanol–water partition coefficient (Wildman–Crippen LogP) is 4.03. The maximum absolute atomic E-state index is 9.42. The lowest BCUT2D eigenvalue weighted by Gasteiger charge is -2.17. The number of hydrogen-bond donors (Lipinski definition) is 1. The van der Waals surface area contributed by atoms with Crippen molar-refractivity contribution in [1.82, 2.24) is 0 Å². The third-order valence-corrected chi connectivity index (χ3v) is 3.25. The molecule has 0 saturated heterocycles. The summed E-state index contributed by atoms with van der Waals surface area (Å²) in [5.41, 5.74) is 1.51. The van der Waals surface area contributed by atoms with Crippen molar-refractivity contribution in [3.8, 4) is 17.6 Å². The molecule has 0 aromatic heterocycles. The minimum Gasteiger partial charge on any atom is -0.497 e. The zero-order chi connectivity index (χ0) is 15.2. The number of anilines is 1. The van der Waals surface area contributed by atoms with Gasteiger partial charge in [-0.05, 0) is 30.3 Å². The highest BCUT2D eigenvalue weighted by molar-refractivity contribution is 6.30. The van der Waals surface area contributed by atoms with Crippen LogP contribution in [0.2, 0.25) is 5.02 Å². The van der Waals surface area contributed by atoms with E-state index in [1.807, 2.05) is 18.2 Å². The molecule has 1 N–H and O–H groups in total. The van der Waals surface area contributed by atoms with Crippen molar-refractivity contribution in [3.63, 3.8) is 0 Å². The van der Waals surface area contributed by atoms with Crippen molar-refractivity contribution in [2.24, 2.45) is 0 Å². The van der Waals surface area contributed by atoms with Gasteiger partial charge in [0.15, 0.2) is 0 Å². The third-order valence-electron chi connectivity index (χ3n) is 3.02. The van der Waals surface area contributed by atoms with Crippen molar-refractivity contribution in [1.29, 1.82) is 5.26 Å². The van der Waals surface area contributed by atoms with E-state index in [0.717, 1.165) is 11.3 Å². The number of halogens is 1. The summed E-state index contributed by atoms with van der Waals surface area (Å²) in [5, 5.41) is 13.2. The fourth-order valence-corrected chi connectivity index (χ4v) is 2.17. The van der Waals surface area contributed by atoms with Gasteiger partial charge in [-0.3, -0.25) is 0 Å². The molecule has 0 saturated carbocycles. The topological polar surface area (TPSA) is 54.3 Å². The Labute approximate surface area is 128 Å². The molecule has 4 nitrogen and oxygen atoms in total. The fourth-order valence-electron chi connectivity index (χ4n) is 1.98. The summed E-state index contributed by atoms with van der Waals surface area (Å²) in [6, 6.07) is 14.2. The summed E-state index contributed by atoms with van der Waals surface area (Å²) < 4.78 is 10.5. The van der Waals surface area contributed by atoms with E-state index >= 15 is 0 Å². The highest BCUT2D eigenvalue weighted by Crippen LogP contribution is 2.31. The highest BCUT2D eigenvalue weighted by Gasteiger charge is 2.16. The summed E-state index contributed by atoms with van der Waals surface area (Å²) in [6.45, 7) is 0. The fraction of sp³-hybridized carbons (Fsp3) is 0.188. The Kier molecular flexibility index (Phi) is 4.91. The summed E-state index contributed by atoms with van der Waals surface area (Å²) in [5.74, 6) is 1.27. The lowest BCUT2D eigenvalue weighted by Crippen LogP contribution is -2.10. The molecule has 2 aromatic rings. The molecular weight excluding hydrogens is 288 g/mol. The van der Waals surface area contributed by atoms with Crippen molar-refractivity contribution < 1.29 is 9.47 Å². The van der Waals surface area contributed by atoms with E-state index in [1.165, 1.54) is 0 Å². The summed E-state index contributed by atoms with van der Waals surface area (Å²) in [7, 11) is 3.15. The van der Waals surface area contributed by atoms with Crippen molar-refractivity contribution >= 4 is 17.3 Å². The molecule has 0 aliphatic heterocycles. The molecule has 0 aliphatic carbocycles. The number of nitrogens with one attached hydrogen (secondary N) is 1. The predicted molar refractivity (Wildman–Crippen MR) is 83.0 cm³/mol. The second-order valence-electron chi connectivity index (χ2n) is 4.32. The zero-order valence-corrected chi connectivity index (χ0v) is 12.5. The van der Waals surface area contributed by atoms with Crippen molar-refractivity contribution in [2.45, 2.75) is 6.04 Å². The SMILES string of the molecule is COc1ccc(C(C#N)Nc2cccc(Cl)c2)c(OC)c1. The maximum Gasteiger partial charge on any atom is 0.143 e. The molecule has 1 atom stereocenters. The van der Waals surface area contributed by atoms with Gasteiger partial charge >= 0.3 is 0 Å². The summed E-state index contributed by atoms with van der Waals surface area (Å²) >= 11 is 5.95. The van der Waals surface area contributed by atoms with E-state index in [0.29, 0.717) is 16.5 Å². The van der Waals surface area contributed by atoms with Gasteiger partial charge in [-0.2, -0.15) is 5.26 Å². The normalized spacial score (nSPS) is 11.3. The van der Waals surface area contributed by atoms with Crippen LogP contribution in [-0.4, -0.2) is 14.2 Å². The molecule has 0 heterocycles. The molecule has 108 valence electrons. The number of hydrogen-bond acceptors (Lipinski definition) is 4. The highest BCUT2D eigenvalue weighted by atomic mass is 35.5. The second-order valence-corrected chi connectivity index (χ2v) is 4.76. The maximum atomic E-state index is 9.42. The van der Waals surface area contributed by atoms with Crippen LogP contribution in [0.1, 0.15) is 11.6 Å². The van der Waals surface area contributed by atoms with Crippen molar-refractivity contribution in [2.75, 3.05) is 19.5 Å². The Bertz CT molecular complexity index is 668. The molecule has 0 fully saturated rings. The first-order valence-electron chi connectivity index (χ1n) is 6.31. The van der Waals surface area contributed by atoms with E-state index < -0.39 is 6.04 Å². The van der Waals surface area contributed by atoms with Crippen LogP contribution in [0.3, 0.4) is 0 Å². The lowest BCUT2D eigenvalue weighted by molar-refractivity contribution is 0.390. The molecule has 1 unspecified atom stereocenters. The summed E-state index contributed by atoms with van der Waals surface area (Å²) in [4.78, 5) is 0. The van der Waals surface area contributed by atoms with Gasteiger partial charge in [0.25, 0.3) is 0 Å². The second kappa shape index (κ2) is 6.87. The quantitative estimate of drug-likeness (QED) is 0.906. The molecule has 0 spiro atoms. The first-order chi connectivity index (χ1) is 10.2. The third kappa shape index (κ3) is 3.59. The molecule has 21 heavy (non-hydrogen) atoms. The molecule has 0 bridgehead atoms. The lowest BCUT2D eigenvalue weighted by atomic mass is 10.1. The Balaban J connectivity index is 2.31. The molecular formula is C16H15ClN2O2. The Morgan fingerprint density at radius 3 is 2.57 bits per heavy atom. The van der Waals surface area contributed by atoms with Gasteiger partial charge < -0.3 is 14.8 Å². The van der Waals surface area contributed by atoms with Gasteiger partial charge in [0, 0.05) is 22.3 Å². The number of benzene rings is 2. The van der Waals surface area contributed by atoms with Crippen LogP contribution in [-0.2, 0) is 0 Å². The average Bonchev–Trinajstić information content (AvgIpc) is 2.52. The van der Waals surface area contributed by atoms with Crippen molar-refractivity contribution in [3.05, 3.63) is 53.1 Å². The molecule has 0 radical (unpaired) electrons.